The Kier molecular flexibility index (Phi) is 6.10. The zero-order chi connectivity index (χ0) is 25.0. The van der Waals surface area contributed by atoms with Crippen LogP contribution in [0.4, 0.5) is 0 Å². The molecular formula is C27H20Cl3NO5. The van der Waals surface area contributed by atoms with E-state index in [1.807, 2.05) is 25.1 Å². The van der Waals surface area contributed by atoms with E-state index in [-0.39, 0.29) is 18.3 Å². The molecule has 9 heteroatoms. The Balaban J connectivity index is 1.30. The number of benzene rings is 3. The molecule has 0 spiro atoms. The van der Waals surface area contributed by atoms with Crippen molar-refractivity contribution in [1.82, 2.24) is 4.90 Å². The lowest BCUT2D eigenvalue weighted by atomic mass is 9.99. The number of carbonyl (C=O) groups excluding carboxylic acids is 1. The van der Waals surface area contributed by atoms with Gasteiger partial charge < -0.3 is 18.9 Å². The highest BCUT2D eigenvalue weighted by atomic mass is 35.5. The van der Waals surface area contributed by atoms with E-state index < -0.39 is 0 Å². The summed E-state index contributed by atoms with van der Waals surface area (Å²) in [5.74, 6) is 1.90. The van der Waals surface area contributed by atoms with E-state index in [9.17, 15) is 4.79 Å². The van der Waals surface area contributed by atoms with Crippen LogP contribution < -0.4 is 14.2 Å². The van der Waals surface area contributed by atoms with Crippen molar-refractivity contribution in [3.8, 4) is 17.2 Å². The maximum Gasteiger partial charge on any atom is 0.231 e. The summed E-state index contributed by atoms with van der Waals surface area (Å²) in [6.07, 6.45) is 1.67. The molecule has 0 fully saturated rings. The Bertz CT molecular complexity index is 1450. The predicted molar refractivity (Wildman–Crippen MR) is 137 cm³/mol. The van der Waals surface area contributed by atoms with E-state index in [0.717, 1.165) is 28.0 Å². The fraction of sp³-hybridized carbons (Fsp3) is 0.222. The number of rotatable bonds is 3. The number of ether oxygens (including phenoxy) is 4. The van der Waals surface area contributed by atoms with E-state index in [1.54, 1.807) is 24.3 Å². The van der Waals surface area contributed by atoms with E-state index >= 15 is 0 Å². The highest BCUT2D eigenvalue weighted by Crippen LogP contribution is 2.44. The van der Waals surface area contributed by atoms with Crippen molar-refractivity contribution in [2.75, 3.05) is 13.5 Å². The largest absolute Gasteiger partial charge is 0.477 e. The third-order valence-electron chi connectivity index (χ3n) is 6.40. The lowest BCUT2D eigenvalue weighted by Crippen LogP contribution is -2.32. The van der Waals surface area contributed by atoms with E-state index in [1.165, 1.54) is 0 Å². The molecule has 3 aromatic carbocycles. The second kappa shape index (κ2) is 9.29. The quantitative estimate of drug-likeness (QED) is 0.338. The van der Waals surface area contributed by atoms with Crippen molar-refractivity contribution >= 4 is 46.7 Å². The molecule has 3 aliphatic heterocycles. The van der Waals surface area contributed by atoms with Crippen LogP contribution in [0.2, 0.25) is 15.1 Å². The number of ketones is 1. The second-order valence-corrected chi connectivity index (χ2v) is 10.2. The number of hydrogen-bond donors (Lipinski definition) is 0. The number of nitrogens with zero attached hydrogens (tertiary/aromatic N) is 1. The number of hydrogen-bond acceptors (Lipinski definition) is 6. The Labute approximate surface area is 222 Å². The van der Waals surface area contributed by atoms with Crippen LogP contribution in [0.1, 0.15) is 38.2 Å². The standard InChI is InChI=1S/C27H20Cl3NO5/c1-14-25-17(10-31(12-34-25)9-15-2-3-19(28)8-22(15)30)6-21-24(32)23(36-26(14)21)7-16-4-20(29)5-18-11-33-13-35-27(16)18/h2-8H,9-13H2,1H3/b23-7-. The molecule has 0 aliphatic carbocycles. The first-order valence-electron chi connectivity index (χ1n) is 11.3. The topological polar surface area (TPSA) is 57.2 Å². The average Bonchev–Trinajstić information content (AvgIpc) is 3.16. The van der Waals surface area contributed by atoms with Crippen LogP contribution in [0.25, 0.3) is 6.08 Å². The van der Waals surface area contributed by atoms with Crippen molar-refractivity contribution < 1.29 is 23.7 Å². The van der Waals surface area contributed by atoms with Gasteiger partial charge in [-0.3, -0.25) is 9.69 Å². The first-order valence-corrected chi connectivity index (χ1v) is 12.4. The molecule has 3 aromatic rings. The van der Waals surface area contributed by atoms with Gasteiger partial charge in [0.25, 0.3) is 0 Å². The fourth-order valence-corrected chi connectivity index (χ4v) is 5.46. The van der Waals surface area contributed by atoms with Gasteiger partial charge in [-0.2, -0.15) is 0 Å². The molecule has 0 bridgehead atoms. The molecule has 0 aromatic heterocycles. The fourth-order valence-electron chi connectivity index (χ4n) is 4.75. The maximum absolute atomic E-state index is 13.4. The first-order chi connectivity index (χ1) is 17.4. The number of carbonyl (C=O) groups is 1. The molecule has 0 radical (unpaired) electrons. The lowest BCUT2D eigenvalue weighted by molar-refractivity contribution is -0.0165. The number of halogens is 3. The van der Waals surface area contributed by atoms with Gasteiger partial charge in [-0.15, -0.1) is 0 Å². The Morgan fingerprint density at radius 2 is 1.83 bits per heavy atom. The van der Waals surface area contributed by atoms with Gasteiger partial charge in [-0.05, 0) is 48.9 Å². The molecule has 3 aliphatic rings. The summed E-state index contributed by atoms with van der Waals surface area (Å²) >= 11 is 18.7. The molecule has 184 valence electrons. The summed E-state index contributed by atoms with van der Waals surface area (Å²) in [6.45, 7) is 4.01. The van der Waals surface area contributed by atoms with Crippen LogP contribution in [-0.2, 0) is 24.4 Å². The van der Waals surface area contributed by atoms with Gasteiger partial charge in [0.15, 0.2) is 12.6 Å². The molecule has 0 amide bonds. The average molecular weight is 545 g/mol. The van der Waals surface area contributed by atoms with Gasteiger partial charge in [0.2, 0.25) is 5.78 Å². The van der Waals surface area contributed by atoms with E-state index in [4.69, 9.17) is 53.8 Å². The van der Waals surface area contributed by atoms with Crippen molar-refractivity contribution in [2.45, 2.75) is 26.6 Å². The van der Waals surface area contributed by atoms with Crippen LogP contribution in [-0.4, -0.2) is 24.2 Å². The van der Waals surface area contributed by atoms with E-state index in [0.29, 0.717) is 64.1 Å². The summed E-state index contributed by atoms with van der Waals surface area (Å²) in [7, 11) is 0. The number of Topliss-reactive ketones (excluding diaryl/α,β-unsaturated/α-hetero) is 1. The highest BCUT2D eigenvalue weighted by molar-refractivity contribution is 6.35. The smallest absolute Gasteiger partial charge is 0.231 e. The Morgan fingerprint density at radius 1 is 0.972 bits per heavy atom. The lowest BCUT2D eigenvalue weighted by Gasteiger charge is -2.30. The molecule has 0 N–H and O–H groups in total. The summed E-state index contributed by atoms with van der Waals surface area (Å²) < 4.78 is 23.2. The van der Waals surface area contributed by atoms with Gasteiger partial charge in [-0.1, -0.05) is 40.9 Å². The van der Waals surface area contributed by atoms with Gasteiger partial charge >= 0.3 is 0 Å². The maximum atomic E-state index is 13.4. The molecule has 0 saturated heterocycles. The minimum absolute atomic E-state index is 0.140. The van der Waals surface area contributed by atoms with Crippen molar-refractivity contribution in [2.24, 2.45) is 0 Å². The van der Waals surface area contributed by atoms with Crippen LogP contribution in [0.15, 0.2) is 42.2 Å². The zero-order valence-electron chi connectivity index (χ0n) is 19.2. The molecule has 6 nitrogen and oxygen atoms in total. The summed E-state index contributed by atoms with van der Waals surface area (Å²) in [4.78, 5) is 15.5. The van der Waals surface area contributed by atoms with Crippen molar-refractivity contribution in [1.29, 1.82) is 0 Å². The molecule has 0 atom stereocenters. The summed E-state index contributed by atoms with van der Waals surface area (Å²) in [6, 6.07) is 10.9. The molecule has 3 heterocycles. The zero-order valence-corrected chi connectivity index (χ0v) is 21.5. The van der Waals surface area contributed by atoms with Gasteiger partial charge in [-0.25, -0.2) is 0 Å². The van der Waals surface area contributed by atoms with Crippen LogP contribution in [0.5, 0.6) is 17.2 Å². The predicted octanol–water partition coefficient (Wildman–Crippen LogP) is 6.79. The van der Waals surface area contributed by atoms with Crippen LogP contribution in [0.3, 0.4) is 0 Å². The molecule has 0 saturated carbocycles. The minimum Gasteiger partial charge on any atom is -0.477 e. The van der Waals surface area contributed by atoms with Gasteiger partial charge in [0.1, 0.15) is 24.0 Å². The Morgan fingerprint density at radius 3 is 2.67 bits per heavy atom. The molecule has 36 heavy (non-hydrogen) atoms. The molecule has 6 rings (SSSR count). The Hall–Kier alpha value is -2.74. The van der Waals surface area contributed by atoms with Crippen molar-refractivity contribution in [3.63, 3.8) is 0 Å². The highest BCUT2D eigenvalue weighted by Gasteiger charge is 2.34. The minimum atomic E-state index is -0.199. The monoisotopic (exact) mass is 543 g/mol. The number of fused-ring (bicyclic) bond motifs is 3. The molecule has 0 unspecified atom stereocenters. The van der Waals surface area contributed by atoms with E-state index in [2.05, 4.69) is 4.90 Å². The summed E-state index contributed by atoms with van der Waals surface area (Å²) in [5, 5.41) is 1.73. The SMILES string of the molecule is Cc1c2c(cc3c1O/C(=C\c1cc(Cl)cc4c1OCOC4)C3=O)CN(Cc1ccc(Cl)cc1Cl)CO2. The summed E-state index contributed by atoms with van der Waals surface area (Å²) in [5.41, 5.74) is 4.66. The third kappa shape index (κ3) is 4.23. The third-order valence-corrected chi connectivity index (χ3v) is 7.21. The van der Waals surface area contributed by atoms with Gasteiger partial charge in [0.05, 0.1) is 12.2 Å². The van der Waals surface area contributed by atoms with Crippen LogP contribution in [0, 0.1) is 6.92 Å². The normalized spacial score (nSPS) is 17.7. The van der Waals surface area contributed by atoms with Gasteiger partial charge in [0, 0.05) is 50.4 Å². The molecular weight excluding hydrogens is 525 g/mol. The number of allylic oxidation sites excluding steroid dienone is 1. The van der Waals surface area contributed by atoms with Crippen LogP contribution >= 0.6 is 34.8 Å². The second-order valence-electron chi connectivity index (χ2n) is 8.90. The van der Waals surface area contributed by atoms with Crippen molar-refractivity contribution in [3.05, 3.63) is 90.6 Å². The first kappa shape index (κ1) is 23.6.